The Morgan fingerprint density at radius 1 is 1.03 bits per heavy atom. The Morgan fingerprint density at radius 3 is 2.46 bits per heavy atom. The van der Waals surface area contributed by atoms with Crippen molar-refractivity contribution in [3.63, 3.8) is 0 Å². The van der Waals surface area contributed by atoms with Crippen LogP contribution in [-0.2, 0) is 17.6 Å². The Labute approximate surface area is 207 Å². The van der Waals surface area contributed by atoms with E-state index in [2.05, 4.69) is 66.4 Å². The highest BCUT2D eigenvalue weighted by atomic mass is 16.5. The molecule has 0 amide bonds. The zero-order chi connectivity index (χ0) is 24.8. The number of anilines is 1. The number of hydrogen-bond acceptors (Lipinski definition) is 4. The summed E-state index contributed by atoms with van der Waals surface area (Å²) in [6.07, 6.45) is 6.62. The number of hydrogen-bond donors (Lipinski definition) is 2. The lowest BCUT2D eigenvalue weighted by atomic mass is 9.90. The Kier molecular flexibility index (Phi) is 7.86. The molecule has 0 saturated carbocycles. The lowest BCUT2D eigenvalue weighted by Crippen LogP contribution is -2.15. The molecule has 0 radical (unpaired) electrons. The Bertz CT molecular complexity index is 1270. The monoisotopic (exact) mass is 469 g/mol. The molecule has 0 fully saturated rings. The second-order valence-electron chi connectivity index (χ2n) is 9.21. The van der Waals surface area contributed by atoms with Gasteiger partial charge in [0.1, 0.15) is 5.82 Å². The fourth-order valence-corrected chi connectivity index (χ4v) is 4.86. The van der Waals surface area contributed by atoms with Crippen molar-refractivity contribution in [2.45, 2.75) is 52.9 Å². The molecule has 1 unspecified atom stereocenters. The maximum absolute atomic E-state index is 12.3. The lowest BCUT2D eigenvalue weighted by Gasteiger charge is -2.20. The van der Waals surface area contributed by atoms with E-state index in [1.807, 2.05) is 37.5 Å². The fourth-order valence-electron chi connectivity index (χ4n) is 4.86. The first-order valence-electron chi connectivity index (χ1n) is 12.5. The number of nitrogens with zero attached hydrogens (tertiary/aromatic N) is 1. The molecule has 5 heteroatoms. The number of aromatic nitrogens is 2. The van der Waals surface area contributed by atoms with E-state index in [0.717, 1.165) is 42.5 Å². The second kappa shape index (κ2) is 11.2. The Balaban J connectivity index is 1.59. The second-order valence-corrected chi connectivity index (χ2v) is 9.21. The van der Waals surface area contributed by atoms with Crippen molar-refractivity contribution in [3.05, 3.63) is 94.3 Å². The van der Waals surface area contributed by atoms with Crippen LogP contribution in [0.1, 0.15) is 64.4 Å². The van der Waals surface area contributed by atoms with Gasteiger partial charge >= 0.3 is 5.97 Å². The molecule has 4 aromatic rings. The topological polar surface area (TPSA) is 67.0 Å². The zero-order valence-electron chi connectivity index (χ0n) is 21.2. The molecular formula is C30H35N3O2. The molecule has 0 spiro atoms. The number of esters is 1. The number of aryl methyl sites for hydroxylation is 4. The summed E-state index contributed by atoms with van der Waals surface area (Å²) < 4.78 is 5.20. The zero-order valence-corrected chi connectivity index (χ0v) is 21.2. The number of aromatic amines is 1. The van der Waals surface area contributed by atoms with Gasteiger partial charge in [-0.25, -0.2) is 4.79 Å². The first kappa shape index (κ1) is 24.5. The molecule has 2 heterocycles. The largest absolute Gasteiger partial charge is 0.462 e. The van der Waals surface area contributed by atoms with Crippen LogP contribution in [0.15, 0.2) is 60.9 Å². The highest BCUT2D eigenvalue weighted by Crippen LogP contribution is 2.30. The summed E-state index contributed by atoms with van der Waals surface area (Å²) in [5.41, 5.74) is 8.06. The first-order valence-corrected chi connectivity index (χ1v) is 12.5. The minimum atomic E-state index is -0.279. The molecule has 0 aliphatic rings. The Morgan fingerprint density at radius 2 is 1.77 bits per heavy atom. The molecule has 182 valence electrons. The van der Waals surface area contributed by atoms with E-state index in [0.29, 0.717) is 18.1 Å². The van der Waals surface area contributed by atoms with Crippen molar-refractivity contribution in [1.29, 1.82) is 0 Å². The van der Waals surface area contributed by atoms with Gasteiger partial charge < -0.3 is 15.0 Å². The van der Waals surface area contributed by atoms with Gasteiger partial charge in [0, 0.05) is 41.3 Å². The van der Waals surface area contributed by atoms with Crippen molar-refractivity contribution in [3.8, 4) is 0 Å². The molecule has 0 aliphatic carbocycles. The van der Waals surface area contributed by atoms with E-state index in [1.54, 1.807) is 0 Å². The predicted molar refractivity (Wildman–Crippen MR) is 143 cm³/mol. The van der Waals surface area contributed by atoms with E-state index in [9.17, 15) is 4.79 Å². The quantitative estimate of drug-likeness (QED) is 0.252. The number of pyridine rings is 1. The number of carbonyl (C=O) groups excluding carboxylic acids is 1. The van der Waals surface area contributed by atoms with Crippen LogP contribution < -0.4 is 5.32 Å². The van der Waals surface area contributed by atoms with Gasteiger partial charge in [-0.2, -0.15) is 0 Å². The van der Waals surface area contributed by atoms with Crippen LogP contribution >= 0.6 is 0 Å². The maximum Gasteiger partial charge on any atom is 0.338 e. The standard InChI is InChI=1S/C30H35N3O2/c1-5-26-27-18-23(30(34)35-6-2)9-10-28(27)33-29(26)32-19-24(8-7-22-11-13-31-14-12-22)25-16-20(3)15-21(4)17-25/h9-18,24,32-33H,5-8,19H2,1-4H3. The highest BCUT2D eigenvalue weighted by molar-refractivity contribution is 5.97. The van der Waals surface area contributed by atoms with E-state index in [-0.39, 0.29) is 5.97 Å². The molecule has 2 aromatic carbocycles. The summed E-state index contributed by atoms with van der Waals surface area (Å²) >= 11 is 0. The van der Waals surface area contributed by atoms with Gasteiger partial charge in [0.2, 0.25) is 0 Å². The maximum atomic E-state index is 12.3. The van der Waals surface area contributed by atoms with Crippen LogP contribution in [0.25, 0.3) is 10.9 Å². The molecule has 2 N–H and O–H groups in total. The van der Waals surface area contributed by atoms with Crippen molar-refractivity contribution in [1.82, 2.24) is 9.97 Å². The van der Waals surface area contributed by atoms with Gasteiger partial charge in [-0.15, -0.1) is 0 Å². The van der Waals surface area contributed by atoms with E-state index >= 15 is 0 Å². The summed E-state index contributed by atoms with van der Waals surface area (Å²) in [6, 6.07) is 16.8. The lowest BCUT2D eigenvalue weighted by molar-refractivity contribution is 0.0526. The molecule has 0 bridgehead atoms. The molecule has 35 heavy (non-hydrogen) atoms. The number of ether oxygens (including phenoxy) is 1. The van der Waals surface area contributed by atoms with Crippen LogP contribution in [0.2, 0.25) is 0 Å². The smallest absolute Gasteiger partial charge is 0.338 e. The van der Waals surface area contributed by atoms with Crippen molar-refractivity contribution in [2.24, 2.45) is 0 Å². The summed E-state index contributed by atoms with van der Waals surface area (Å²) in [6.45, 7) is 9.49. The van der Waals surface area contributed by atoms with Gasteiger partial charge in [-0.3, -0.25) is 4.98 Å². The van der Waals surface area contributed by atoms with E-state index in [4.69, 9.17) is 4.74 Å². The van der Waals surface area contributed by atoms with Gasteiger partial charge in [-0.1, -0.05) is 36.2 Å². The van der Waals surface area contributed by atoms with Gasteiger partial charge in [-0.05, 0) is 81.5 Å². The average Bonchev–Trinajstić information content (AvgIpc) is 3.20. The fraction of sp³-hybridized carbons (Fsp3) is 0.333. The van der Waals surface area contributed by atoms with Crippen LogP contribution in [0.5, 0.6) is 0 Å². The third-order valence-corrected chi connectivity index (χ3v) is 6.54. The SMILES string of the molecule is CCOC(=O)c1ccc2[nH]c(NCC(CCc3ccncc3)c3cc(C)cc(C)c3)c(CC)c2c1. The number of carbonyl (C=O) groups is 1. The summed E-state index contributed by atoms with van der Waals surface area (Å²) in [7, 11) is 0. The molecule has 2 aromatic heterocycles. The predicted octanol–water partition coefficient (Wildman–Crippen LogP) is 6.75. The molecule has 0 aliphatic heterocycles. The van der Waals surface area contributed by atoms with E-state index < -0.39 is 0 Å². The molecule has 4 rings (SSSR count). The third kappa shape index (κ3) is 5.91. The van der Waals surface area contributed by atoms with Gasteiger partial charge in [0.15, 0.2) is 0 Å². The van der Waals surface area contributed by atoms with Crippen molar-refractivity contribution in [2.75, 3.05) is 18.5 Å². The number of benzene rings is 2. The number of rotatable bonds is 10. The molecule has 1 atom stereocenters. The normalized spacial score (nSPS) is 12.0. The summed E-state index contributed by atoms with van der Waals surface area (Å²) in [5.74, 6) is 1.10. The molecule has 5 nitrogen and oxygen atoms in total. The number of fused-ring (bicyclic) bond motifs is 1. The van der Waals surface area contributed by atoms with Crippen LogP contribution in [0.3, 0.4) is 0 Å². The Hall–Kier alpha value is -3.60. The number of nitrogens with one attached hydrogen (secondary N) is 2. The van der Waals surface area contributed by atoms with E-state index in [1.165, 1.54) is 27.8 Å². The first-order chi connectivity index (χ1) is 17.0. The minimum Gasteiger partial charge on any atom is -0.462 e. The van der Waals surface area contributed by atoms with Crippen LogP contribution in [-0.4, -0.2) is 29.1 Å². The molecular weight excluding hydrogens is 434 g/mol. The van der Waals surface area contributed by atoms with Crippen LogP contribution in [0.4, 0.5) is 5.82 Å². The minimum absolute atomic E-state index is 0.279. The van der Waals surface area contributed by atoms with Gasteiger partial charge in [0.05, 0.1) is 12.2 Å². The third-order valence-electron chi connectivity index (χ3n) is 6.54. The van der Waals surface area contributed by atoms with Crippen LogP contribution in [0, 0.1) is 13.8 Å². The van der Waals surface area contributed by atoms with Crippen molar-refractivity contribution < 1.29 is 9.53 Å². The number of H-pyrrole nitrogens is 1. The van der Waals surface area contributed by atoms with Gasteiger partial charge in [0.25, 0.3) is 0 Å². The average molecular weight is 470 g/mol. The summed E-state index contributed by atoms with van der Waals surface area (Å²) in [4.78, 5) is 20.0. The summed E-state index contributed by atoms with van der Waals surface area (Å²) in [5, 5.41) is 4.79. The van der Waals surface area contributed by atoms with Crippen molar-refractivity contribution >= 4 is 22.7 Å². The highest BCUT2D eigenvalue weighted by Gasteiger charge is 2.17. The molecule has 0 saturated heterocycles.